The molecule has 114 valence electrons. The molecule has 0 spiro atoms. The van der Waals surface area contributed by atoms with E-state index in [1.807, 2.05) is 29.2 Å². The molecule has 1 saturated heterocycles. The minimum atomic E-state index is -0.0609. The number of carbonyl (C=O) groups excluding carboxylic acids is 2. The van der Waals surface area contributed by atoms with Crippen LogP contribution in [0, 0.1) is 0 Å². The molecule has 0 bridgehead atoms. The van der Waals surface area contributed by atoms with E-state index in [1.165, 1.54) is 6.92 Å². The largest absolute Gasteiger partial charge is 0.352 e. The lowest BCUT2D eigenvalue weighted by molar-refractivity contribution is -0.119. The predicted octanol–water partition coefficient (Wildman–Crippen LogP) is 1.28. The van der Waals surface area contributed by atoms with Crippen LogP contribution in [0.15, 0.2) is 24.3 Å². The first-order valence-electron chi connectivity index (χ1n) is 7.46. The van der Waals surface area contributed by atoms with Crippen LogP contribution in [0.3, 0.4) is 0 Å². The first kappa shape index (κ1) is 15.5. The molecular formula is C16H23N3O2. The Morgan fingerprint density at radius 1 is 1.29 bits per heavy atom. The van der Waals surface area contributed by atoms with Crippen LogP contribution < -0.4 is 11.1 Å². The molecule has 1 aromatic carbocycles. The molecule has 1 aliphatic heterocycles. The summed E-state index contributed by atoms with van der Waals surface area (Å²) < 4.78 is 0. The Kier molecular flexibility index (Phi) is 5.33. The molecule has 2 rings (SSSR count). The molecule has 0 aromatic heterocycles. The second-order valence-corrected chi connectivity index (χ2v) is 5.49. The molecule has 1 heterocycles. The van der Waals surface area contributed by atoms with Gasteiger partial charge in [-0.15, -0.1) is 0 Å². The SMILES string of the molecule is CC(=O)NCc1ccc(C(=O)N2CCCCC2CN)cc1. The number of nitrogens with zero attached hydrogens (tertiary/aromatic N) is 1. The van der Waals surface area contributed by atoms with Crippen molar-refractivity contribution in [3.8, 4) is 0 Å². The molecule has 3 N–H and O–H groups in total. The van der Waals surface area contributed by atoms with Gasteiger partial charge in [-0.25, -0.2) is 0 Å². The summed E-state index contributed by atoms with van der Waals surface area (Å²) >= 11 is 0. The molecule has 0 radical (unpaired) electrons. The average Bonchev–Trinajstić information content (AvgIpc) is 2.52. The van der Waals surface area contributed by atoms with Gasteiger partial charge in [0.05, 0.1) is 0 Å². The second kappa shape index (κ2) is 7.22. The Balaban J connectivity index is 2.03. The molecule has 5 heteroatoms. The van der Waals surface area contributed by atoms with Crippen LogP contribution in [0.1, 0.15) is 42.1 Å². The highest BCUT2D eigenvalue weighted by Crippen LogP contribution is 2.19. The summed E-state index contributed by atoms with van der Waals surface area (Å²) in [5.74, 6) is -0.00881. The molecule has 21 heavy (non-hydrogen) atoms. The van der Waals surface area contributed by atoms with Gasteiger partial charge in [-0.2, -0.15) is 0 Å². The van der Waals surface area contributed by atoms with Crippen LogP contribution in [0.2, 0.25) is 0 Å². The molecule has 5 nitrogen and oxygen atoms in total. The van der Waals surface area contributed by atoms with Gasteiger partial charge >= 0.3 is 0 Å². The van der Waals surface area contributed by atoms with Gasteiger partial charge in [0.2, 0.25) is 5.91 Å². The van der Waals surface area contributed by atoms with E-state index in [0.29, 0.717) is 18.7 Å². The molecule has 1 aliphatic rings. The fraction of sp³-hybridized carbons (Fsp3) is 0.500. The fourth-order valence-electron chi connectivity index (χ4n) is 2.67. The third-order valence-electron chi connectivity index (χ3n) is 3.90. The van der Waals surface area contributed by atoms with E-state index in [4.69, 9.17) is 5.73 Å². The normalized spacial score (nSPS) is 18.4. The van der Waals surface area contributed by atoms with Crippen molar-refractivity contribution in [1.29, 1.82) is 0 Å². The van der Waals surface area contributed by atoms with Gasteiger partial charge in [-0.3, -0.25) is 9.59 Å². The van der Waals surface area contributed by atoms with Crippen LogP contribution in [0.4, 0.5) is 0 Å². The van der Waals surface area contributed by atoms with Crippen LogP contribution in [-0.2, 0) is 11.3 Å². The summed E-state index contributed by atoms with van der Waals surface area (Å²) in [6.07, 6.45) is 3.17. The number of piperidine rings is 1. The highest BCUT2D eigenvalue weighted by atomic mass is 16.2. The van der Waals surface area contributed by atoms with E-state index in [-0.39, 0.29) is 17.9 Å². The minimum Gasteiger partial charge on any atom is -0.352 e. The summed E-state index contributed by atoms with van der Waals surface area (Å²) in [5.41, 5.74) is 7.43. The number of hydrogen-bond acceptors (Lipinski definition) is 3. The lowest BCUT2D eigenvalue weighted by Crippen LogP contribution is -2.47. The van der Waals surface area contributed by atoms with Crippen LogP contribution in [-0.4, -0.2) is 35.8 Å². The fourth-order valence-corrected chi connectivity index (χ4v) is 2.67. The third kappa shape index (κ3) is 4.04. The monoisotopic (exact) mass is 289 g/mol. The average molecular weight is 289 g/mol. The van der Waals surface area contributed by atoms with E-state index in [2.05, 4.69) is 5.32 Å². The van der Waals surface area contributed by atoms with E-state index < -0.39 is 0 Å². The summed E-state index contributed by atoms with van der Waals surface area (Å²) in [6.45, 7) is 3.28. The molecule has 1 atom stereocenters. The summed E-state index contributed by atoms with van der Waals surface area (Å²) in [5, 5.41) is 2.74. The number of nitrogens with one attached hydrogen (secondary N) is 1. The molecule has 1 unspecified atom stereocenters. The maximum Gasteiger partial charge on any atom is 0.254 e. The molecular weight excluding hydrogens is 266 g/mol. The molecule has 0 saturated carbocycles. The van der Waals surface area contributed by atoms with E-state index in [9.17, 15) is 9.59 Å². The zero-order valence-corrected chi connectivity index (χ0v) is 12.5. The first-order valence-corrected chi connectivity index (χ1v) is 7.46. The van der Waals surface area contributed by atoms with Gasteiger partial charge in [-0.1, -0.05) is 12.1 Å². The third-order valence-corrected chi connectivity index (χ3v) is 3.90. The Morgan fingerprint density at radius 2 is 2.00 bits per heavy atom. The van der Waals surface area contributed by atoms with Crippen LogP contribution >= 0.6 is 0 Å². The minimum absolute atomic E-state index is 0.0521. The van der Waals surface area contributed by atoms with Crippen LogP contribution in [0.25, 0.3) is 0 Å². The van der Waals surface area contributed by atoms with Crippen molar-refractivity contribution in [2.75, 3.05) is 13.1 Å². The second-order valence-electron chi connectivity index (χ2n) is 5.49. The summed E-state index contributed by atoms with van der Waals surface area (Å²) in [6, 6.07) is 7.56. The standard InChI is InChI=1S/C16H23N3O2/c1-12(20)18-11-13-5-7-14(8-6-13)16(21)19-9-3-2-4-15(19)10-17/h5-8,15H,2-4,9-11,17H2,1H3,(H,18,20). The Hall–Kier alpha value is -1.88. The zero-order valence-electron chi connectivity index (χ0n) is 12.5. The maximum absolute atomic E-state index is 12.5. The molecule has 2 amide bonds. The van der Waals surface area contributed by atoms with Crippen molar-refractivity contribution in [2.45, 2.75) is 38.8 Å². The number of benzene rings is 1. The van der Waals surface area contributed by atoms with E-state index in [0.717, 1.165) is 31.4 Å². The van der Waals surface area contributed by atoms with Gasteiger partial charge in [-0.05, 0) is 37.0 Å². The van der Waals surface area contributed by atoms with Crippen molar-refractivity contribution >= 4 is 11.8 Å². The van der Waals surface area contributed by atoms with Gasteiger partial charge in [0.15, 0.2) is 0 Å². The van der Waals surface area contributed by atoms with Gasteiger partial charge in [0, 0.05) is 38.2 Å². The lowest BCUT2D eigenvalue weighted by Gasteiger charge is -2.35. The Bertz CT molecular complexity index is 499. The van der Waals surface area contributed by atoms with E-state index >= 15 is 0 Å². The van der Waals surface area contributed by atoms with Gasteiger partial charge in [0.25, 0.3) is 5.91 Å². The maximum atomic E-state index is 12.5. The Labute approximate surface area is 125 Å². The Morgan fingerprint density at radius 3 is 2.62 bits per heavy atom. The summed E-state index contributed by atoms with van der Waals surface area (Å²) in [7, 11) is 0. The van der Waals surface area contributed by atoms with Crippen molar-refractivity contribution in [3.05, 3.63) is 35.4 Å². The lowest BCUT2D eigenvalue weighted by atomic mass is 10.0. The first-order chi connectivity index (χ1) is 10.1. The highest BCUT2D eigenvalue weighted by molar-refractivity contribution is 5.94. The van der Waals surface area contributed by atoms with Gasteiger partial charge in [0.1, 0.15) is 0 Å². The van der Waals surface area contributed by atoms with Crippen molar-refractivity contribution in [2.24, 2.45) is 5.73 Å². The number of carbonyl (C=O) groups is 2. The number of hydrogen-bond donors (Lipinski definition) is 2. The van der Waals surface area contributed by atoms with E-state index in [1.54, 1.807) is 0 Å². The smallest absolute Gasteiger partial charge is 0.254 e. The predicted molar refractivity (Wildman–Crippen MR) is 81.7 cm³/mol. The summed E-state index contributed by atoms with van der Waals surface area (Å²) in [4.78, 5) is 25.3. The molecule has 1 aromatic rings. The number of rotatable bonds is 4. The van der Waals surface area contributed by atoms with Crippen LogP contribution in [0.5, 0.6) is 0 Å². The molecule has 0 aliphatic carbocycles. The molecule has 1 fully saturated rings. The number of nitrogens with two attached hydrogens (primary N) is 1. The van der Waals surface area contributed by atoms with Crippen molar-refractivity contribution in [1.82, 2.24) is 10.2 Å². The quantitative estimate of drug-likeness (QED) is 0.876. The van der Waals surface area contributed by atoms with Crippen molar-refractivity contribution in [3.63, 3.8) is 0 Å². The van der Waals surface area contributed by atoms with Crippen molar-refractivity contribution < 1.29 is 9.59 Å². The number of amides is 2. The topological polar surface area (TPSA) is 75.4 Å². The number of likely N-dealkylation sites (tertiary alicyclic amines) is 1. The highest BCUT2D eigenvalue weighted by Gasteiger charge is 2.26. The zero-order chi connectivity index (χ0) is 15.2. The van der Waals surface area contributed by atoms with Gasteiger partial charge < -0.3 is 16.0 Å².